The van der Waals surface area contributed by atoms with Crippen LogP contribution in [0.5, 0.6) is 5.75 Å². The zero-order chi connectivity index (χ0) is 22.8. The lowest BCUT2D eigenvalue weighted by molar-refractivity contribution is -0.0494. The second-order valence-corrected chi connectivity index (χ2v) is 9.04. The lowest BCUT2D eigenvalue weighted by Gasteiger charge is -2.13. The maximum atomic E-state index is 12.9. The highest BCUT2D eigenvalue weighted by Crippen LogP contribution is 2.43. The second kappa shape index (κ2) is 9.67. The number of hydrogen-bond donors (Lipinski definition) is 2. The first-order valence-corrected chi connectivity index (χ1v) is 11.5. The Morgan fingerprint density at radius 1 is 1.12 bits per heavy atom. The number of nitrogens with one attached hydrogen (secondary N) is 1. The van der Waals surface area contributed by atoms with Gasteiger partial charge in [-0.15, -0.1) is 11.8 Å². The number of nitrogens with zero attached hydrogens (tertiary/aromatic N) is 1. The Labute approximate surface area is 198 Å². The summed E-state index contributed by atoms with van der Waals surface area (Å²) >= 11 is 14.9. The third kappa shape index (κ3) is 4.57. The van der Waals surface area contributed by atoms with Crippen molar-refractivity contribution >= 4 is 46.0 Å². The lowest BCUT2D eigenvalue weighted by atomic mass is 10.0. The van der Waals surface area contributed by atoms with E-state index in [0.29, 0.717) is 28.0 Å². The first kappa shape index (κ1) is 22.9. The van der Waals surface area contributed by atoms with Crippen LogP contribution in [0.2, 0.25) is 10.0 Å². The van der Waals surface area contributed by atoms with Gasteiger partial charge in [-0.3, -0.25) is 0 Å². The molecule has 166 valence electrons. The summed E-state index contributed by atoms with van der Waals surface area (Å²) in [5.74, 6) is 1.48. The molecule has 4 aromatic rings. The first-order valence-electron chi connectivity index (χ1n) is 9.79. The highest BCUT2D eigenvalue weighted by molar-refractivity contribution is 7.99. The number of aromatic amines is 1. The standard InChI is InChI=1S/C23H19Cl2F2N3OS/c1-2-32-13-9-7-12(8-10-13)20(28)22-29-16-11-15(24)18(19(25)21(16)30-22)14-5-3-4-6-17(14)31-23(26)27/h3-11,20,23H,2,28H2,1H3,(H,29,30). The molecule has 4 rings (SSSR count). The highest BCUT2D eigenvalue weighted by Gasteiger charge is 2.22. The Bertz CT molecular complexity index is 1250. The number of rotatable bonds is 7. The van der Waals surface area contributed by atoms with Gasteiger partial charge in [-0.2, -0.15) is 8.78 Å². The normalized spacial score (nSPS) is 12.5. The van der Waals surface area contributed by atoms with Crippen molar-refractivity contribution in [1.29, 1.82) is 0 Å². The molecule has 0 amide bonds. The Morgan fingerprint density at radius 3 is 2.53 bits per heavy atom. The van der Waals surface area contributed by atoms with E-state index in [-0.39, 0.29) is 15.8 Å². The fraction of sp³-hybridized carbons (Fsp3) is 0.174. The second-order valence-electron chi connectivity index (χ2n) is 6.92. The summed E-state index contributed by atoms with van der Waals surface area (Å²) in [7, 11) is 0. The Balaban J connectivity index is 1.76. The van der Waals surface area contributed by atoms with E-state index in [0.717, 1.165) is 16.2 Å². The van der Waals surface area contributed by atoms with Crippen molar-refractivity contribution in [2.45, 2.75) is 24.5 Å². The summed E-state index contributed by atoms with van der Waals surface area (Å²) in [4.78, 5) is 8.94. The molecule has 0 aliphatic carbocycles. The Hall–Kier alpha value is -2.32. The number of alkyl halides is 2. The molecule has 0 bridgehead atoms. The van der Waals surface area contributed by atoms with Crippen molar-refractivity contribution in [3.63, 3.8) is 0 Å². The van der Waals surface area contributed by atoms with Gasteiger partial charge in [0, 0.05) is 16.0 Å². The summed E-state index contributed by atoms with van der Waals surface area (Å²) in [5, 5.41) is 0.500. The monoisotopic (exact) mass is 493 g/mol. The molecule has 0 spiro atoms. The molecular weight excluding hydrogens is 475 g/mol. The van der Waals surface area contributed by atoms with Crippen molar-refractivity contribution in [2.75, 3.05) is 5.75 Å². The van der Waals surface area contributed by atoms with Gasteiger partial charge in [0.05, 0.1) is 21.6 Å². The molecule has 0 saturated heterocycles. The van der Waals surface area contributed by atoms with Gasteiger partial charge in [-0.05, 0) is 35.6 Å². The molecule has 3 N–H and O–H groups in total. The summed E-state index contributed by atoms with van der Waals surface area (Å²) in [6, 6.07) is 15.5. The van der Waals surface area contributed by atoms with Crippen LogP contribution in [0.25, 0.3) is 22.2 Å². The number of halogens is 4. The van der Waals surface area contributed by atoms with Gasteiger partial charge < -0.3 is 15.5 Å². The summed E-state index contributed by atoms with van der Waals surface area (Å²) in [6.07, 6.45) is 0. The van der Waals surface area contributed by atoms with E-state index in [4.69, 9.17) is 28.9 Å². The van der Waals surface area contributed by atoms with Gasteiger partial charge in [0.1, 0.15) is 17.1 Å². The summed E-state index contributed by atoms with van der Waals surface area (Å²) in [5.41, 5.74) is 9.09. The van der Waals surface area contributed by atoms with Gasteiger partial charge in [-0.1, -0.05) is 60.5 Å². The number of aromatic nitrogens is 2. The number of H-pyrrole nitrogens is 1. The molecule has 3 aromatic carbocycles. The van der Waals surface area contributed by atoms with Crippen LogP contribution in [0.1, 0.15) is 24.4 Å². The molecule has 0 fully saturated rings. The predicted octanol–water partition coefficient (Wildman–Crippen LogP) is 7.30. The van der Waals surface area contributed by atoms with Crippen LogP contribution >= 0.6 is 35.0 Å². The number of imidazole rings is 1. The van der Waals surface area contributed by atoms with E-state index in [1.165, 1.54) is 6.07 Å². The molecule has 0 aliphatic rings. The smallest absolute Gasteiger partial charge is 0.387 e. The van der Waals surface area contributed by atoms with Gasteiger partial charge in [0.15, 0.2) is 0 Å². The molecular formula is C23H19Cl2F2N3OS. The number of thioether (sulfide) groups is 1. The fourth-order valence-electron chi connectivity index (χ4n) is 3.46. The Morgan fingerprint density at radius 2 is 1.84 bits per heavy atom. The molecule has 4 nitrogen and oxygen atoms in total. The molecule has 32 heavy (non-hydrogen) atoms. The van der Waals surface area contributed by atoms with E-state index in [1.54, 1.807) is 36.0 Å². The van der Waals surface area contributed by atoms with Crippen molar-refractivity contribution in [1.82, 2.24) is 9.97 Å². The van der Waals surface area contributed by atoms with Gasteiger partial charge in [0.2, 0.25) is 0 Å². The van der Waals surface area contributed by atoms with Crippen LogP contribution in [0, 0.1) is 0 Å². The Kier molecular flexibility index (Phi) is 6.90. The third-order valence-corrected chi connectivity index (χ3v) is 6.46. The average Bonchev–Trinajstić information content (AvgIpc) is 3.19. The summed E-state index contributed by atoms with van der Waals surface area (Å²) < 4.78 is 30.4. The largest absolute Gasteiger partial charge is 0.434 e. The number of ether oxygens (including phenoxy) is 1. The minimum atomic E-state index is -2.98. The van der Waals surface area contributed by atoms with E-state index < -0.39 is 12.7 Å². The molecule has 0 aliphatic heterocycles. The molecule has 0 radical (unpaired) electrons. The lowest BCUT2D eigenvalue weighted by Crippen LogP contribution is -2.13. The number of fused-ring (bicyclic) bond motifs is 1. The third-order valence-electron chi connectivity index (χ3n) is 4.90. The van der Waals surface area contributed by atoms with Crippen LogP contribution < -0.4 is 10.5 Å². The van der Waals surface area contributed by atoms with Crippen molar-refractivity contribution in [3.8, 4) is 16.9 Å². The fourth-order valence-corrected chi connectivity index (χ4v) is 4.83. The highest BCUT2D eigenvalue weighted by atomic mass is 35.5. The average molecular weight is 494 g/mol. The van der Waals surface area contributed by atoms with Gasteiger partial charge >= 0.3 is 6.61 Å². The van der Waals surface area contributed by atoms with E-state index >= 15 is 0 Å². The van der Waals surface area contributed by atoms with Crippen LogP contribution in [-0.2, 0) is 0 Å². The zero-order valence-electron chi connectivity index (χ0n) is 16.9. The molecule has 1 aromatic heterocycles. The van der Waals surface area contributed by atoms with E-state index in [9.17, 15) is 8.78 Å². The first-order chi connectivity index (χ1) is 15.4. The topological polar surface area (TPSA) is 63.9 Å². The van der Waals surface area contributed by atoms with E-state index in [1.807, 2.05) is 24.3 Å². The van der Waals surface area contributed by atoms with E-state index in [2.05, 4.69) is 21.6 Å². The maximum Gasteiger partial charge on any atom is 0.387 e. The molecule has 1 atom stereocenters. The van der Waals surface area contributed by atoms with Crippen molar-refractivity contribution in [2.24, 2.45) is 5.73 Å². The zero-order valence-corrected chi connectivity index (χ0v) is 19.2. The molecule has 1 unspecified atom stereocenters. The van der Waals surface area contributed by atoms with Crippen LogP contribution in [0.15, 0.2) is 59.5 Å². The number of nitrogens with two attached hydrogens (primary N) is 1. The molecule has 1 heterocycles. The molecule has 0 saturated carbocycles. The SMILES string of the molecule is CCSc1ccc(C(N)c2nc3c(Cl)c(-c4ccccc4OC(F)F)c(Cl)cc3[nH]2)cc1. The molecule has 9 heteroatoms. The minimum absolute atomic E-state index is 0.0249. The minimum Gasteiger partial charge on any atom is -0.434 e. The summed E-state index contributed by atoms with van der Waals surface area (Å²) in [6.45, 7) is -0.880. The van der Waals surface area contributed by atoms with Crippen LogP contribution in [0.4, 0.5) is 8.78 Å². The van der Waals surface area contributed by atoms with Gasteiger partial charge in [0.25, 0.3) is 0 Å². The van der Waals surface area contributed by atoms with Crippen molar-refractivity contribution < 1.29 is 13.5 Å². The number of benzene rings is 3. The van der Waals surface area contributed by atoms with Crippen LogP contribution in [0.3, 0.4) is 0 Å². The van der Waals surface area contributed by atoms with Crippen LogP contribution in [-0.4, -0.2) is 22.3 Å². The number of para-hydroxylation sites is 1. The predicted molar refractivity (Wildman–Crippen MR) is 127 cm³/mol. The van der Waals surface area contributed by atoms with Crippen molar-refractivity contribution in [3.05, 3.63) is 76.0 Å². The number of hydrogen-bond acceptors (Lipinski definition) is 4. The quantitative estimate of drug-likeness (QED) is 0.265. The van der Waals surface area contributed by atoms with Gasteiger partial charge in [-0.25, -0.2) is 4.98 Å². The maximum absolute atomic E-state index is 12.9.